The molecule has 0 aliphatic heterocycles. The van der Waals surface area contributed by atoms with Crippen molar-refractivity contribution in [3.8, 4) is 0 Å². The van der Waals surface area contributed by atoms with E-state index in [2.05, 4.69) is 5.32 Å². The quantitative estimate of drug-likeness (QED) is 0.712. The Hall–Kier alpha value is -1.69. The van der Waals surface area contributed by atoms with Crippen LogP contribution in [0.15, 0.2) is 12.1 Å². The summed E-state index contributed by atoms with van der Waals surface area (Å²) in [4.78, 5) is 11.8. The number of carbonyl (C=O) groups is 1. The average molecular weight is 258 g/mol. The molecule has 0 bridgehead atoms. The van der Waals surface area contributed by atoms with Gasteiger partial charge >= 0.3 is 0 Å². The molecule has 0 radical (unpaired) electrons. The van der Waals surface area contributed by atoms with E-state index in [0.717, 1.165) is 12.1 Å². The summed E-state index contributed by atoms with van der Waals surface area (Å²) in [6.07, 6.45) is 0. The molecule has 0 saturated heterocycles. The lowest BCUT2D eigenvalue weighted by Gasteiger charge is -2.20. The predicted octanol–water partition coefficient (Wildman–Crippen LogP) is 1.29. The summed E-state index contributed by atoms with van der Waals surface area (Å²) >= 11 is 0. The highest BCUT2D eigenvalue weighted by molar-refractivity contribution is 5.99. The van der Waals surface area contributed by atoms with Crippen LogP contribution in [0.5, 0.6) is 0 Å². The van der Waals surface area contributed by atoms with Crippen LogP contribution in [0.3, 0.4) is 0 Å². The third kappa shape index (κ3) is 3.16. The zero-order valence-corrected chi connectivity index (χ0v) is 10.2. The Morgan fingerprint density at radius 2 is 1.94 bits per heavy atom. The summed E-state index contributed by atoms with van der Waals surface area (Å²) in [5.74, 6) is -2.88. The van der Waals surface area contributed by atoms with E-state index in [4.69, 9.17) is 10.8 Å². The topological polar surface area (TPSA) is 75.3 Å². The Kier molecular flexibility index (Phi) is 4.61. The maximum Gasteiger partial charge on any atom is 0.253 e. The number of aliphatic hydroxyl groups excluding tert-OH is 1. The van der Waals surface area contributed by atoms with Crippen molar-refractivity contribution in [2.75, 3.05) is 12.3 Å². The molecular weight excluding hydrogens is 242 g/mol. The Morgan fingerprint density at radius 3 is 2.44 bits per heavy atom. The zero-order valence-electron chi connectivity index (χ0n) is 10.2. The summed E-state index contributed by atoms with van der Waals surface area (Å²) in [7, 11) is 0. The predicted molar refractivity (Wildman–Crippen MR) is 63.9 cm³/mol. The molecule has 0 aliphatic carbocycles. The van der Waals surface area contributed by atoms with Gasteiger partial charge in [-0.15, -0.1) is 0 Å². The van der Waals surface area contributed by atoms with Crippen molar-refractivity contribution in [1.29, 1.82) is 0 Å². The largest absolute Gasteiger partial charge is 0.398 e. The van der Waals surface area contributed by atoms with E-state index in [0.29, 0.717) is 0 Å². The van der Waals surface area contributed by atoms with E-state index in [-0.39, 0.29) is 23.8 Å². The smallest absolute Gasteiger partial charge is 0.253 e. The minimum Gasteiger partial charge on any atom is -0.398 e. The fraction of sp³-hybridized carbons (Fsp3) is 0.417. The van der Waals surface area contributed by atoms with E-state index >= 15 is 0 Å². The Balaban J connectivity index is 2.94. The number of carbonyl (C=O) groups excluding carboxylic acids is 1. The second-order valence-corrected chi connectivity index (χ2v) is 4.36. The Bertz CT molecular complexity index is 450. The molecule has 0 heterocycles. The first kappa shape index (κ1) is 14.4. The molecule has 100 valence electrons. The highest BCUT2D eigenvalue weighted by Crippen LogP contribution is 2.17. The molecule has 0 spiro atoms. The number of anilines is 1. The van der Waals surface area contributed by atoms with Crippen molar-refractivity contribution >= 4 is 11.6 Å². The third-order valence-electron chi connectivity index (χ3n) is 2.65. The molecule has 1 aromatic rings. The van der Waals surface area contributed by atoms with Crippen molar-refractivity contribution in [2.24, 2.45) is 5.92 Å². The number of aliphatic hydroxyl groups is 1. The fourth-order valence-electron chi connectivity index (χ4n) is 1.43. The molecular formula is C12H16F2N2O2. The van der Waals surface area contributed by atoms with Crippen LogP contribution in [0.1, 0.15) is 24.2 Å². The highest BCUT2D eigenvalue weighted by Gasteiger charge is 2.19. The van der Waals surface area contributed by atoms with Gasteiger partial charge in [-0.2, -0.15) is 0 Å². The maximum absolute atomic E-state index is 13.0. The molecule has 1 aromatic carbocycles. The molecule has 1 amide bonds. The summed E-state index contributed by atoms with van der Waals surface area (Å²) in [6, 6.07) is 1.03. The van der Waals surface area contributed by atoms with Gasteiger partial charge in [0.05, 0.1) is 18.2 Å². The number of hydrogen-bond acceptors (Lipinski definition) is 3. The average Bonchev–Trinajstić information content (AvgIpc) is 2.29. The van der Waals surface area contributed by atoms with Crippen LogP contribution in [0.2, 0.25) is 0 Å². The molecule has 4 nitrogen and oxygen atoms in total. The molecule has 1 atom stereocenters. The van der Waals surface area contributed by atoms with E-state index < -0.39 is 23.6 Å². The number of benzene rings is 1. The number of amides is 1. The summed E-state index contributed by atoms with van der Waals surface area (Å²) in [6.45, 7) is 3.39. The zero-order chi connectivity index (χ0) is 13.9. The van der Waals surface area contributed by atoms with Gasteiger partial charge in [-0.1, -0.05) is 13.8 Å². The maximum atomic E-state index is 13.0. The van der Waals surface area contributed by atoms with Crippen molar-refractivity contribution in [3.05, 3.63) is 29.3 Å². The normalized spacial score (nSPS) is 12.6. The number of nitrogens with two attached hydrogens (primary N) is 1. The van der Waals surface area contributed by atoms with Gasteiger partial charge in [-0.25, -0.2) is 8.78 Å². The fourth-order valence-corrected chi connectivity index (χ4v) is 1.43. The van der Waals surface area contributed by atoms with Crippen molar-refractivity contribution in [1.82, 2.24) is 5.32 Å². The molecule has 0 aliphatic rings. The lowest BCUT2D eigenvalue weighted by molar-refractivity contribution is 0.0897. The number of nitrogen functional groups attached to an aromatic ring is 1. The molecule has 0 fully saturated rings. The van der Waals surface area contributed by atoms with Crippen LogP contribution < -0.4 is 11.1 Å². The van der Waals surface area contributed by atoms with Crippen LogP contribution >= 0.6 is 0 Å². The second kappa shape index (κ2) is 5.77. The van der Waals surface area contributed by atoms with Gasteiger partial charge in [0.1, 0.15) is 0 Å². The van der Waals surface area contributed by atoms with Gasteiger partial charge in [-0.05, 0) is 12.0 Å². The van der Waals surface area contributed by atoms with Crippen molar-refractivity contribution < 1.29 is 18.7 Å². The summed E-state index contributed by atoms with van der Waals surface area (Å²) < 4.78 is 25.9. The minimum atomic E-state index is -1.14. The first-order valence-corrected chi connectivity index (χ1v) is 5.53. The highest BCUT2D eigenvalue weighted by atomic mass is 19.2. The number of rotatable bonds is 4. The van der Waals surface area contributed by atoms with Gasteiger partial charge in [0.25, 0.3) is 5.91 Å². The molecule has 4 N–H and O–H groups in total. The molecule has 0 saturated carbocycles. The van der Waals surface area contributed by atoms with Crippen LogP contribution in [-0.4, -0.2) is 23.7 Å². The van der Waals surface area contributed by atoms with Gasteiger partial charge < -0.3 is 16.2 Å². The summed E-state index contributed by atoms with van der Waals surface area (Å²) in [5, 5.41) is 11.6. The van der Waals surface area contributed by atoms with E-state index in [9.17, 15) is 13.6 Å². The van der Waals surface area contributed by atoms with E-state index in [1.807, 2.05) is 13.8 Å². The monoisotopic (exact) mass is 258 g/mol. The molecule has 0 aromatic heterocycles. The van der Waals surface area contributed by atoms with E-state index in [1.54, 1.807) is 0 Å². The lowest BCUT2D eigenvalue weighted by Crippen LogP contribution is -2.41. The molecule has 0 unspecified atom stereocenters. The lowest BCUT2D eigenvalue weighted by atomic mass is 10.0. The van der Waals surface area contributed by atoms with Crippen molar-refractivity contribution in [2.45, 2.75) is 19.9 Å². The molecule has 6 heteroatoms. The van der Waals surface area contributed by atoms with Gasteiger partial charge in [-0.3, -0.25) is 4.79 Å². The first-order valence-electron chi connectivity index (χ1n) is 5.53. The van der Waals surface area contributed by atoms with Crippen LogP contribution in [-0.2, 0) is 0 Å². The van der Waals surface area contributed by atoms with Crippen LogP contribution in [0.4, 0.5) is 14.5 Å². The van der Waals surface area contributed by atoms with E-state index in [1.165, 1.54) is 0 Å². The first-order chi connectivity index (χ1) is 8.36. The Labute approximate surface area is 104 Å². The third-order valence-corrected chi connectivity index (χ3v) is 2.65. The molecule has 1 rings (SSSR count). The SMILES string of the molecule is CC(C)[C@@H](CO)NC(=O)c1cc(F)c(F)cc1N. The number of hydrogen-bond donors (Lipinski definition) is 3. The van der Waals surface area contributed by atoms with Crippen LogP contribution in [0.25, 0.3) is 0 Å². The van der Waals surface area contributed by atoms with Crippen molar-refractivity contribution in [3.63, 3.8) is 0 Å². The van der Waals surface area contributed by atoms with Gasteiger partial charge in [0, 0.05) is 11.8 Å². The van der Waals surface area contributed by atoms with Gasteiger partial charge in [0.2, 0.25) is 0 Å². The minimum absolute atomic E-state index is 0.00506. The number of nitrogens with one attached hydrogen (secondary N) is 1. The van der Waals surface area contributed by atoms with Crippen LogP contribution in [0, 0.1) is 17.6 Å². The second-order valence-electron chi connectivity index (χ2n) is 4.36. The summed E-state index contributed by atoms with van der Waals surface area (Å²) in [5.41, 5.74) is 5.16. The Morgan fingerprint density at radius 1 is 1.39 bits per heavy atom. The standard InChI is InChI=1S/C12H16F2N2O2/c1-6(2)11(5-17)16-12(18)7-3-8(13)9(14)4-10(7)15/h3-4,6,11,17H,5,15H2,1-2H3,(H,16,18)/t11-/m1/s1. The molecule has 18 heavy (non-hydrogen) atoms. The van der Waals surface area contributed by atoms with Gasteiger partial charge in [0.15, 0.2) is 11.6 Å². The number of halogens is 2.